The Labute approximate surface area is 196 Å². The molecule has 2 N–H and O–H groups in total. The van der Waals surface area contributed by atoms with Crippen LogP contribution in [0.4, 0.5) is 10.8 Å². The molecule has 0 fully saturated rings. The maximum absolute atomic E-state index is 12.5. The molecule has 0 saturated heterocycles. The molecule has 2 aromatic heterocycles. The van der Waals surface area contributed by atoms with Crippen LogP contribution < -0.4 is 10.0 Å². The Hall–Kier alpha value is -2.43. The highest BCUT2D eigenvalue weighted by Crippen LogP contribution is 2.39. The zero-order chi connectivity index (χ0) is 22.0. The van der Waals surface area contributed by atoms with E-state index in [0.717, 1.165) is 0 Å². The van der Waals surface area contributed by atoms with Crippen molar-refractivity contribution in [1.82, 2.24) is 4.98 Å². The van der Waals surface area contributed by atoms with Crippen molar-refractivity contribution >= 4 is 72.6 Å². The fraction of sp³-hybridized carbons (Fsp3) is 0. The molecule has 6 nitrogen and oxygen atoms in total. The topological polar surface area (TPSA) is 88.2 Å². The molecule has 158 valence electrons. The standard InChI is InChI=1S/C20H13Cl2N3O3S3/c21-17-10-15(18(22)30-17)16-11-29-20(23-16)24-19(26)12-6-8-13(9-7-12)25-31(27,28)14-4-2-1-3-5-14/h1-11,25H,(H,23,24,26). The molecule has 4 rings (SSSR count). The molecule has 0 spiro atoms. The average Bonchev–Trinajstić information content (AvgIpc) is 3.34. The van der Waals surface area contributed by atoms with Crippen LogP contribution in [0.15, 0.2) is 70.9 Å². The smallest absolute Gasteiger partial charge is 0.261 e. The van der Waals surface area contributed by atoms with Gasteiger partial charge in [0, 0.05) is 22.2 Å². The number of thiophene rings is 1. The van der Waals surface area contributed by atoms with E-state index in [-0.39, 0.29) is 10.8 Å². The summed E-state index contributed by atoms with van der Waals surface area (Å²) in [5.74, 6) is -0.368. The highest BCUT2D eigenvalue weighted by Gasteiger charge is 2.16. The van der Waals surface area contributed by atoms with Gasteiger partial charge in [0.1, 0.15) is 4.34 Å². The number of nitrogens with zero attached hydrogens (tertiary/aromatic N) is 1. The number of anilines is 2. The number of carbonyl (C=O) groups is 1. The predicted octanol–water partition coefficient (Wildman–Crippen LogP) is 6.23. The van der Waals surface area contributed by atoms with Crippen molar-refractivity contribution in [3.63, 3.8) is 0 Å². The lowest BCUT2D eigenvalue weighted by atomic mass is 10.2. The molecule has 1 amide bonds. The van der Waals surface area contributed by atoms with Gasteiger partial charge in [-0.3, -0.25) is 14.8 Å². The normalized spacial score (nSPS) is 11.3. The van der Waals surface area contributed by atoms with Crippen molar-refractivity contribution in [3.05, 3.63) is 80.3 Å². The van der Waals surface area contributed by atoms with E-state index in [1.165, 1.54) is 59.1 Å². The fourth-order valence-electron chi connectivity index (χ4n) is 2.64. The summed E-state index contributed by atoms with van der Waals surface area (Å²) in [6.07, 6.45) is 0. The third kappa shape index (κ3) is 5.08. The number of hydrogen-bond donors (Lipinski definition) is 2. The number of amides is 1. The Kier molecular flexibility index (Phi) is 6.31. The van der Waals surface area contributed by atoms with Crippen molar-refractivity contribution in [3.8, 4) is 11.3 Å². The van der Waals surface area contributed by atoms with Crippen LogP contribution in [0.1, 0.15) is 10.4 Å². The number of carbonyl (C=O) groups excluding carboxylic acids is 1. The number of thiazole rings is 1. The van der Waals surface area contributed by atoms with Crippen molar-refractivity contribution in [2.45, 2.75) is 4.90 Å². The van der Waals surface area contributed by atoms with Crippen LogP contribution in [0, 0.1) is 0 Å². The zero-order valence-electron chi connectivity index (χ0n) is 15.5. The molecular formula is C20H13Cl2N3O3S3. The molecule has 0 atom stereocenters. The Morgan fingerprint density at radius 3 is 2.35 bits per heavy atom. The maximum Gasteiger partial charge on any atom is 0.261 e. The second-order valence-corrected chi connectivity index (χ2v) is 11.1. The number of benzene rings is 2. The molecule has 0 aliphatic rings. The van der Waals surface area contributed by atoms with E-state index in [9.17, 15) is 13.2 Å². The molecule has 0 unspecified atom stereocenters. The van der Waals surface area contributed by atoms with Crippen LogP contribution in [-0.4, -0.2) is 19.3 Å². The van der Waals surface area contributed by atoms with Gasteiger partial charge in [0.2, 0.25) is 0 Å². The number of hydrogen-bond acceptors (Lipinski definition) is 6. The molecule has 4 aromatic rings. The molecule has 0 aliphatic carbocycles. The van der Waals surface area contributed by atoms with Gasteiger partial charge in [-0.1, -0.05) is 41.4 Å². The van der Waals surface area contributed by atoms with E-state index in [0.29, 0.717) is 36.3 Å². The van der Waals surface area contributed by atoms with E-state index in [4.69, 9.17) is 23.2 Å². The average molecular weight is 510 g/mol. The second kappa shape index (κ2) is 8.97. The Morgan fingerprint density at radius 2 is 1.71 bits per heavy atom. The molecule has 0 radical (unpaired) electrons. The molecule has 2 aromatic carbocycles. The molecule has 0 aliphatic heterocycles. The van der Waals surface area contributed by atoms with Gasteiger partial charge < -0.3 is 0 Å². The maximum atomic E-state index is 12.5. The first-order chi connectivity index (χ1) is 14.8. The van der Waals surface area contributed by atoms with Crippen LogP contribution in [0.5, 0.6) is 0 Å². The number of nitrogens with one attached hydrogen (secondary N) is 2. The van der Waals surface area contributed by atoms with Crippen LogP contribution in [-0.2, 0) is 10.0 Å². The van der Waals surface area contributed by atoms with E-state index < -0.39 is 10.0 Å². The van der Waals surface area contributed by atoms with E-state index in [1.54, 1.807) is 29.6 Å². The summed E-state index contributed by atoms with van der Waals surface area (Å²) in [6, 6.07) is 15.9. The van der Waals surface area contributed by atoms with Crippen molar-refractivity contribution in [1.29, 1.82) is 0 Å². The fourth-order valence-corrected chi connectivity index (χ4v) is 5.91. The van der Waals surface area contributed by atoms with Gasteiger partial charge in [-0.25, -0.2) is 13.4 Å². The molecular weight excluding hydrogens is 497 g/mol. The van der Waals surface area contributed by atoms with E-state index in [1.807, 2.05) is 0 Å². The summed E-state index contributed by atoms with van der Waals surface area (Å²) < 4.78 is 28.4. The van der Waals surface area contributed by atoms with E-state index >= 15 is 0 Å². The number of aromatic nitrogens is 1. The summed E-state index contributed by atoms with van der Waals surface area (Å²) in [5.41, 5.74) is 2.04. The van der Waals surface area contributed by atoms with Crippen LogP contribution in [0.25, 0.3) is 11.3 Å². The van der Waals surface area contributed by atoms with Crippen LogP contribution in [0.3, 0.4) is 0 Å². The zero-order valence-corrected chi connectivity index (χ0v) is 19.5. The lowest BCUT2D eigenvalue weighted by Gasteiger charge is -2.08. The first-order valence-electron chi connectivity index (χ1n) is 8.72. The summed E-state index contributed by atoms with van der Waals surface area (Å²) in [5, 5.41) is 4.91. The van der Waals surface area contributed by atoms with Gasteiger partial charge in [-0.15, -0.1) is 22.7 Å². The van der Waals surface area contributed by atoms with Crippen LogP contribution in [0.2, 0.25) is 8.67 Å². The van der Waals surface area contributed by atoms with Gasteiger partial charge in [0.25, 0.3) is 15.9 Å². The lowest BCUT2D eigenvalue weighted by Crippen LogP contribution is -2.14. The first kappa shape index (κ1) is 21.8. The second-order valence-electron chi connectivity index (χ2n) is 6.23. The van der Waals surface area contributed by atoms with Gasteiger partial charge in [-0.05, 0) is 42.5 Å². The molecule has 11 heteroatoms. The van der Waals surface area contributed by atoms with Crippen molar-refractivity contribution < 1.29 is 13.2 Å². The largest absolute Gasteiger partial charge is 0.298 e. The lowest BCUT2D eigenvalue weighted by molar-refractivity contribution is 0.102. The predicted molar refractivity (Wildman–Crippen MR) is 127 cm³/mol. The molecule has 0 saturated carbocycles. The number of sulfonamides is 1. The first-order valence-corrected chi connectivity index (χ1v) is 12.7. The van der Waals surface area contributed by atoms with Gasteiger partial charge >= 0.3 is 0 Å². The minimum Gasteiger partial charge on any atom is -0.298 e. The summed E-state index contributed by atoms with van der Waals surface area (Å²) in [7, 11) is -3.70. The Bertz CT molecular complexity index is 1340. The van der Waals surface area contributed by atoms with Gasteiger partial charge in [0.15, 0.2) is 5.13 Å². The molecule has 0 bridgehead atoms. The SMILES string of the molecule is O=C(Nc1nc(-c2cc(Cl)sc2Cl)cs1)c1ccc(NS(=O)(=O)c2ccccc2)cc1. The molecule has 2 heterocycles. The Balaban J connectivity index is 1.44. The monoisotopic (exact) mass is 509 g/mol. The Morgan fingerprint density at radius 1 is 1.00 bits per heavy atom. The molecule has 31 heavy (non-hydrogen) atoms. The summed E-state index contributed by atoms with van der Waals surface area (Å²) in [4.78, 5) is 17.1. The van der Waals surface area contributed by atoms with Gasteiger partial charge in [-0.2, -0.15) is 0 Å². The van der Waals surface area contributed by atoms with E-state index in [2.05, 4.69) is 15.0 Å². The third-order valence-electron chi connectivity index (χ3n) is 4.11. The summed E-state index contributed by atoms with van der Waals surface area (Å²) in [6.45, 7) is 0. The van der Waals surface area contributed by atoms with Crippen LogP contribution >= 0.6 is 45.9 Å². The summed E-state index contributed by atoms with van der Waals surface area (Å²) >= 11 is 14.6. The van der Waals surface area contributed by atoms with Crippen molar-refractivity contribution in [2.24, 2.45) is 0 Å². The quantitative estimate of drug-likeness (QED) is 0.322. The highest BCUT2D eigenvalue weighted by atomic mass is 35.5. The highest BCUT2D eigenvalue weighted by molar-refractivity contribution is 7.92. The van der Waals surface area contributed by atoms with Crippen molar-refractivity contribution in [2.75, 3.05) is 10.0 Å². The van der Waals surface area contributed by atoms with Gasteiger partial charge in [0.05, 0.1) is 14.9 Å². The number of rotatable bonds is 6. The number of halogens is 2. The third-order valence-corrected chi connectivity index (χ3v) is 7.75. The minimum absolute atomic E-state index is 0.156. The minimum atomic E-state index is -3.70.